The van der Waals surface area contributed by atoms with Crippen molar-refractivity contribution in [3.8, 4) is 33.4 Å². The zero-order valence-corrected chi connectivity index (χ0v) is 33.6. The van der Waals surface area contributed by atoms with Crippen LogP contribution in [0, 0.1) is 0 Å². The highest BCUT2D eigenvalue weighted by Crippen LogP contribution is 2.56. The van der Waals surface area contributed by atoms with Crippen LogP contribution in [0.15, 0.2) is 217 Å². The molecule has 2 aliphatic rings. The van der Waals surface area contributed by atoms with Gasteiger partial charge in [0.2, 0.25) is 0 Å². The number of anilines is 3. The van der Waals surface area contributed by atoms with E-state index in [1.807, 2.05) is 6.07 Å². The Hall–Kier alpha value is -7.42. The number of rotatable bonds is 6. The normalized spacial score (nSPS) is 17.3. The number of fused-ring (bicyclic) bond motifs is 9. The minimum atomic E-state index is -0.323. The van der Waals surface area contributed by atoms with E-state index in [2.05, 4.69) is 225 Å². The molecular formula is C58H41NO. The maximum atomic E-state index is 6.30. The maximum Gasteiger partial charge on any atom is 0.136 e. The van der Waals surface area contributed by atoms with Crippen LogP contribution in [0.3, 0.4) is 0 Å². The molecule has 0 bridgehead atoms. The molecule has 1 heterocycles. The monoisotopic (exact) mass is 767 g/mol. The van der Waals surface area contributed by atoms with Crippen LogP contribution in [0.4, 0.5) is 17.1 Å². The highest BCUT2D eigenvalue weighted by molar-refractivity contribution is 6.12. The first-order chi connectivity index (χ1) is 29.5. The van der Waals surface area contributed by atoms with Gasteiger partial charge in [-0.2, -0.15) is 0 Å². The van der Waals surface area contributed by atoms with Gasteiger partial charge in [0.05, 0.1) is 0 Å². The van der Waals surface area contributed by atoms with E-state index in [0.29, 0.717) is 0 Å². The molecule has 2 atom stereocenters. The summed E-state index contributed by atoms with van der Waals surface area (Å²) in [6, 6.07) is 77.9. The standard InChI is InChI=1S/C58H41NO/c1-57(39-16-5-3-6-17-39)50-24-12-9-20-45(50)47-34-32-42(36-52(47)57)59(41-30-28-38(29-31-41)44-23-15-27-55-56(44)49-22-11-14-26-54(49)60-55)43-33-35-48-46-21-10-13-25-51(46)58(2,53(48)37-43)40-18-7-4-8-19-40/h3-37H,1-2H3. The average Bonchev–Trinajstić information content (AvgIpc) is 3.92. The van der Waals surface area contributed by atoms with Crippen LogP contribution in [0.2, 0.25) is 0 Å². The fourth-order valence-electron chi connectivity index (χ4n) is 10.7. The number of para-hydroxylation sites is 1. The quantitative estimate of drug-likeness (QED) is 0.168. The van der Waals surface area contributed by atoms with Gasteiger partial charge in [0.1, 0.15) is 11.2 Å². The van der Waals surface area contributed by atoms with Crippen molar-refractivity contribution in [1.29, 1.82) is 0 Å². The van der Waals surface area contributed by atoms with Crippen LogP contribution in [0.1, 0.15) is 47.2 Å². The summed E-state index contributed by atoms with van der Waals surface area (Å²) in [7, 11) is 0. The van der Waals surface area contributed by atoms with E-state index in [-0.39, 0.29) is 10.8 Å². The van der Waals surface area contributed by atoms with E-state index in [4.69, 9.17) is 4.42 Å². The Morgan fingerprint density at radius 2 is 0.800 bits per heavy atom. The lowest BCUT2D eigenvalue weighted by Crippen LogP contribution is -2.23. The summed E-state index contributed by atoms with van der Waals surface area (Å²) in [5.74, 6) is 0. The van der Waals surface area contributed by atoms with E-state index in [9.17, 15) is 0 Å². The molecule has 2 aliphatic carbocycles. The molecule has 0 spiro atoms. The first-order valence-corrected chi connectivity index (χ1v) is 20.9. The van der Waals surface area contributed by atoms with E-state index in [0.717, 1.165) is 44.6 Å². The summed E-state index contributed by atoms with van der Waals surface area (Å²) in [5, 5.41) is 2.28. The van der Waals surface area contributed by atoms with E-state index in [1.165, 1.54) is 61.2 Å². The summed E-state index contributed by atoms with van der Waals surface area (Å²) in [6.07, 6.45) is 0. The fraction of sp³-hybridized carbons (Fsp3) is 0.0690. The zero-order valence-electron chi connectivity index (χ0n) is 33.6. The Labute approximate surface area is 350 Å². The molecule has 0 N–H and O–H groups in total. The molecule has 12 rings (SSSR count). The van der Waals surface area contributed by atoms with Gasteiger partial charge in [-0.1, -0.05) is 164 Å². The first kappa shape index (κ1) is 34.6. The van der Waals surface area contributed by atoms with E-state index >= 15 is 0 Å². The molecule has 0 fully saturated rings. The third kappa shape index (κ3) is 4.88. The van der Waals surface area contributed by atoms with Gasteiger partial charge in [0.15, 0.2) is 0 Å². The lowest BCUT2D eigenvalue weighted by molar-refractivity contribution is 0.669. The van der Waals surface area contributed by atoms with E-state index in [1.54, 1.807) is 0 Å². The van der Waals surface area contributed by atoms with Crippen molar-refractivity contribution in [1.82, 2.24) is 0 Å². The SMILES string of the molecule is CC1(c2ccccc2)c2ccccc2-c2ccc(N(c3ccc(-c4cccc5oc6ccccc6c45)cc3)c3ccc4c(c3)C(C)(c3ccccc3)c3ccccc3-4)cc21. The molecule has 0 aliphatic heterocycles. The maximum absolute atomic E-state index is 6.30. The van der Waals surface area contributed by atoms with Crippen molar-refractivity contribution in [2.75, 3.05) is 4.90 Å². The molecule has 2 unspecified atom stereocenters. The van der Waals surface area contributed by atoms with Gasteiger partial charge in [-0.15, -0.1) is 0 Å². The van der Waals surface area contributed by atoms with Crippen LogP contribution >= 0.6 is 0 Å². The first-order valence-electron chi connectivity index (χ1n) is 20.9. The second-order valence-corrected chi connectivity index (χ2v) is 16.7. The highest BCUT2D eigenvalue weighted by Gasteiger charge is 2.43. The second kappa shape index (κ2) is 13.0. The second-order valence-electron chi connectivity index (χ2n) is 16.7. The predicted octanol–water partition coefficient (Wildman–Crippen LogP) is 15.4. The van der Waals surface area contributed by atoms with Gasteiger partial charge in [-0.05, 0) is 129 Å². The predicted molar refractivity (Wildman–Crippen MR) is 249 cm³/mol. The molecule has 284 valence electrons. The molecule has 9 aromatic carbocycles. The van der Waals surface area contributed by atoms with Crippen molar-refractivity contribution in [2.24, 2.45) is 0 Å². The topological polar surface area (TPSA) is 16.4 Å². The summed E-state index contributed by atoms with van der Waals surface area (Å²) in [6.45, 7) is 4.79. The number of hydrogen-bond acceptors (Lipinski definition) is 2. The van der Waals surface area contributed by atoms with Gasteiger partial charge in [0.25, 0.3) is 0 Å². The summed E-state index contributed by atoms with van der Waals surface area (Å²) >= 11 is 0. The highest BCUT2D eigenvalue weighted by atomic mass is 16.3. The molecule has 0 radical (unpaired) electrons. The molecule has 0 amide bonds. The van der Waals surface area contributed by atoms with Gasteiger partial charge < -0.3 is 9.32 Å². The molecule has 60 heavy (non-hydrogen) atoms. The van der Waals surface area contributed by atoms with E-state index < -0.39 is 0 Å². The van der Waals surface area contributed by atoms with Crippen molar-refractivity contribution in [2.45, 2.75) is 24.7 Å². The fourth-order valence-corrected chi connectivity index (χ4v) is 10.7. The van der Waals surface area contributed by atoms with Crippen LogP contribution in [0.25, 0.3) is 55.3 Å². The van der Waals surface area contributed by atoms with Gasteiger partial charge in [-0.25, -0.2) is 0 Å². The van der Waals surface area contributed by atoms with Crippen molar-refractivity contribution < 1.29 is 4.42 Å². The molecular weight excluding hydrogens is 727 g/mol. The molecule has 0 saturated heterocycles. The minimum absolute atomic E-state index is 0.323. The third-order valence-corrected chi connectivity index (χ3v) is 13.7. The zero-order chi connectivity index (χ0) is 40.0. The molecule has 2 heteroatoms. The van der Waals surface area contributed by atoms with Crippen molar-refractivity contribution in [3.63, 3.8) is 0 Å². The van der Waals surface area contributed by atoms with Crippen LogP contribution < -0.4 is 4.90 Å². The van der Waals surface area contributed by atoms with Gasteiger partial charge >= 0.3 is 0 Å². The average molecular weight is 768 g/mol. The Bertz CT molecular complexity index is 3140. The third-order valence-electron chi connectivity index (χ3n) is 13.7. The largest absolute Gasteiger partial charge is 0.456 e. The van der Waals surface area contributed by atoms with Gasteiger partial charge in [-0.3, -0.25) is 0 Å². The number of nitrogens with zero attached hydrogens (tertiary/aromatic N) is 1. The number of hydrogen-bond donors (Lipinski definition) is 0. The summed E-state index contributed by atoms with van der Waals surface area (Å²) in [5.41, 5.74) is 19.9. The minimum Gasteiger partial charge on any atom is -0.456 e. The summed E-state index contributed by atoms with van der Waals surface area (Å²) < 4.78 is 6.30. The smallest absolute Gasteiger partial charge is 0.136 e. The van der Waals surface area contributed by atoms with Crippen LogP contribution in [0.5, 0.6) is 0 Å². The lowest BCUT2D eigenvalue weighted by atomic mass is 9.74. The Morgan fingerprint density at radius 3 is 1.38 bits per heavy atom. The van der Waals surface area contributed by atoms with Crippen molar-refractivity contribution in [3.05, 3.63) is 246 Å². The number of benzene rings is 9. The Kier molecular flexibility index (Phi) is 7.52. The lowest BCUT2D eigenvalue weighted by Gasteiger charge is -2.32. The molecule has 2 nitrogen and oxygen atoms in total. The summed E-state index contributed by atoms with van der Waals surface area (Å²) in [4.78, 5) is 2.46. The molecule has 0 saturated carbocycles. The number of furan rings is 1. The molecule has 1 aromatic heterocycles. The van der Waals surface area contributed by atoms with Crippen LogP contribution in [-0.4, -0.2) is 0 Å². The molecule has 10 aromatic rings. The Balaban J connectivity index is 1.07. The van der Waals surface area contributed by atoms with Crippen LogP contribution in [-0.2, 0) is 10.8 Å². The van der Waals surface area contributed by atoms with Crippen molar-refractivity contribution >= 4 is 39.0 Å². The Morgan fingerprint density at radius 1 is 0.350 bits per heavy atom. The van der Waals surface area contributed by atoms with Gasteiger partial charge in [0, 0.05) is 38.7 Å².